The molecule has 1 nitrogen and oxygen atoms in total. The lowest BCUT2D eigenvalue weighted by atomic mass is 9.99. The number of rotatable bonds is 3. The van der Waals surface area contributed by atoms with E-state index in [1.54, 1.807) is 17.4 Å². The van der Waals surface area contributed by atoms with Gasteiger partial charge in [-0.25, -0.2) is 4.39 Å². The maximum Gasteiger partial charge on any atom is 0.129 e. The SMILES string of the molecule is CNC(c1cc(Br)sc1C)c1c(F)cccc1Br. The molecule has 5 heteroatoms. The lowest BCUT2D eigenvalue weighted by Gasteiger charge is -2.19. The molecule has 0 radical (unpaired) electrons. The molecule has 1 heterocycles. The van der Waals surface area contributed by atoms with Gasteiger partial charge in [0.25, 0.3) is 0 Å². The van der Waals surface area contributed by atoms with Gasteiger partial charge < -0.3 is 5.32 Å². The molecule has 2 aromatic rings. The van der Waals surface area contributed by atoms with Gasteiger partial charge in [-0.2, -0.15) is 0 Å². The molecule has 18 heavy (non-hydrogen) atoms. The predicted molar refractivity (Wildman–Crippen MR) is 81.8 cm³/mol. The summed E-state index contributed by atoms with van der Waals surface area (Å²) in [5.74, 6) is -0.203. The highest BCUT2D eigenvalue weighted by Crippen LogP contribution is 2.36. The first-order valence-electron chi connectivity index (χ1n) is 5.41. The van der Waals surface area contributed by atoms with Crippen LogP contribution in [0.15, 0.2) is 32.5 Å². The summed E-state index contributed by atoms with van der Waals surface area (Å²) < 4.78 is 15.9. The molecule has 1 aromatic carbocycles. The van der Waals surface area contributed by atoms with Crippen LogP contribution in [0.25, 0.3) is 0 Å². The number of benzene rings is 1. The maximum atomic E-state index is 14.0. The minimum absolute atomic E-state index is 0.150. The molecule has 0 fully saturated rings. The summed E-state index contributed by atoms with van der Waals surface area (Å²) in [7, 11) is 1.84. The molecule has 1 atom stereocenters. The van der Waals surface area contributed by atoms with Crippen LogP contribution in [0.3, 0.4) is 0 Å². The van der Waals surface area contributed by atoms with Crippen LogP contribution < -0.4 is 5.32 Å². The second kappa shape index (κ2) is 5.82. The maximum absolute atomic E-state index is 14.0. The lowest BCUT2D eigenvalue weighted by molar-refractivity contribution is 0.573. The molecule has 96 valence electrons. The van der Waals surface area contributed by atoms with Crippen molar-refractivity contribution in [1.82, 2.24) is 5.32 Å². The highest BCUT2D eigenvalue weighted by molar-refractivity contribution is 9.11. The number of nitrogens with one attached hydrogen (secondary N) is 1. The van der Waals surface area contributed by atoms with E-state index in [2.05, 4.69) is 37.2 Å². The molecule has 0 saturated heterocycles. The summed E-state index contributed by atoms with van der Waals surface area (Å²) in [6.45, 7) is 2.05. The Balaban J connectivity index is 2.55. The zero-order valence-electron chi connectivity index (χ0n) is 9.93. The number of aryl methyl sites for hydroxylation is 1. The van der Waals surface area contributed by atoms with E-state index >= 15 is 0 Å². The quantitative estimate of drug-likeness (QED) is 0.772. The van der Waals surface area contributed by atoms with Gasteiger partial charge in [-0.05, 0) is 53.7 Å². The fraction of sp³-hybridized carbons (Fsp3) is 0.231. The van der Waals surface area contributed by atoms with Crippen LogP contribution in [0.1, 0.15) is 22.0 Å². The van der Waals surface area contributed by atoms with Crippen molar-refractivity contribution in [3.05, 3.63) is 54.3 Å². The molecule has 0 saturated carbocycles. The highest BCUT2D eigenvalue weighted by atomic mass is 79.9. The minimum atomic E-state index is -0.203. The van der Waals surface area contributed by atoms with Crippen molar-refractivity contribution in [2.24, 2.45) is 0 Å². The van der Waals surface area contributed by atoms with Gasteiger partial charge >= 0.3 is 0 Å². The molecular weight excluding hydrogens is 381 g/mol. The van der Waals surface area contributed by atoms with Crippen LogP contribution in [0.4, 0.5) is 4.39 Å². The summed E-state index contributed by atoms with van der Waals surface area (Å²) in [6, 6.07) is 6.94. The first-order valence-corrected chi connectivity index (χ1v) is 7.82. The largest absolute Gasteiger partial charge is 0.309 e. The molecule has 0 aliphatic heterocycles. The van der Waals surface area contributed by atoms with E-state index in [-0.39, 0.29) is 11.9 Å². The van der Waals surface area contributed by atoms with Crippen molar-refractivity contribution in [3.63, 3.8) is 0 Å². The van der Waals surface area contributed by atoms with E-state index < -0.39 is 0 Å². The molecule has 0 bridgehead atoms. The van der Waals surface area contributed by atoms with E-state index in [1.807, 2.05) is 26.1 Å². The Morgan fingerprint density at radius 2 is 2.06 bits per heavy atom. The predicted octanol–water partition coefficient (Wildman–Crippen LogP) is 5.03. The first-order chi connectivity index (χ1) is 8.54. The molecule has 1 unspecified atom stereocenters. The summed E-state index contributed by atoms with van der Waals surface area (Å²) in [5, 5.41) is 3.19. The highest BCUT2D eigenvalue weighted by Gasteiger charge is 2.22. The van der Waals surface area contributed by atoms with Crippen molar-refractivity contribution in [1.29, 1.82) is 0 Å². The third kappa shape index (κ3) is 2.69. The zero-order chi connectivity index (χ0) is 13.3. The average Bonchev–Trinajstić information content (AvgIpc) is 2.63. The number of hydrogen-bond acceptors (Lipinski definition) is 2. The van der Waals surface area contributed by atoms with Crippen LogP contribution in [0, 0.1) is 12.7 Å². The monoisotopic (exact) mass is 391 g/mol. The summed E-state index contributed by atoms with van der Waals surface area (Å²) in [5.41, 5.74) is 1.74. The number of hydrogen-bond donors (Lipinski definition) is 1. The van der Waals surface area contributed by atoms with Gasteiger partial charge in [0.1, 0.15) is 5.82 Å². The Morgan fingerprint density at radius 3 is 2.56 bits per heavy atom. The third-order valence-electron chi connectivity index (χ3n) is 2.81. The van der Waals surface area contributed by atoms with Gasteiger partial charge in [0, 0.05) is 14.9 Å². The smallest absolute Gasteiger partial charge is 0.129 e. The Morgan fingerprint density at radius 1 is 1.33 bits per heavy atom. The minimum Gasteiger partial charge on any atom is -0.309 e. The Bertz CT molecular complexity index is 548. The number of thiophene rings is 1. The van der Waals surface area contributed by atoms with Gasteiger partial charge in [-0.1, -0.05) is 22.0 Å². The fourth-order valence-corrected chi connectivity index (χ4v) is 4.31. The third-order valence-corrected chi connectivity index (χ3v) is 5.07. The van der Waals surface area contributed by atoms with Crippen molar-refractivity contribution < 1.29 is 4.39 Å². The van der Waals surface area contributed by atoms with Crippen LogP contribution in [-0.2, 0) is 0 Å². The van der Waals surface area contributed by atoms with Crippen molar-refractivity contribution in [2.45, 2.75) is 13.0 Å². The zero-order valence-corrected chi connectivity index (χ0v) is 13.9. The summed E-state index contributed by atoms with van der Waals surface area (Å²) in [6.07, 6.45) is 0. The van der Waals surface area contributed by atoms with E-state index in [9.17, 15) is 4.39 Å². The topological polar surface area (TPSA) is 12.0 Å². The first kappa shape index (κ1) is 14.2. The van der Waals surface area contributed by atoms with Gasteiger partial charge in [-0.3, -0.25) is 0 Å². The van der Waals surface area contributed by atoms with Gasteiger partial charge in [0.05, 0.1) is 9.83 Å². The Kier molecular flexibility index (Phi) is 4.59. The Labute approximate surface area is 127 Å². The average molecular weight is 393 g/mol. The Hall–Kier alpha value is -0.230. The molecular formula is C13H12Br2FNS. The van der Waals surface area contributed by atoms with Gasteiger partial charge in [0.2, 0.25) is 0 Å². The molecule has 0 aliphatic carbocycles. The molecule has 0 amide bonds. The van der Waals surface area contributed by atoms with Crippen LogP contribution in [-0.4, -0.2) is 7.05 Å². The summed E-state index contributed by atoms with van der Waals surface area (Å²) >= 11 is 8.56. The van der Waals surface area contributed by atoms with Crippen LogP contribution in [0.5, 0.6) is 0 Å². The van der Waals surface area contributed by atoms with Crippen molar-refractivity contribution in [2.75, 3.05) is 7.05 Å². The summed E-state index contributed by atoms with van der Waals surface area (Å²) in [4.78, 5) is 1.18. The van der Waals surface area contributed by atoms with Crippen molar-refractivity contribution in [3.8, 4) is 0 Å². The van der Waals surface area contributed by atoms with Gasteiger partial charge in [0.15, 0.2) is 0 Å². The second-order valence-electron chi connectivity index (χ2n) is 3.92. The van der Waals surface area contributed by atoms with E-state index in [4.69, 9.17) is 0 Å². The fourth-order valence-electron chi connectivity index (χ4n) is 1.99. The van der Waals surface area contributed by atoms with Crippen LogP contribution in [0.2, 0.25) is 0 Å². The normalized spacial score (nSPS) is 12.7. The molecule has 2 rings (SSSR count). The molecule has 0 spiro atoms. The lowest BCUT2D eigenvalue weighted by Crippen LogP contribution is -2.19. The van der Waals surface area contributed by atoms with E-state index in [0.29, 0.717) is 5.56 Å². The van der Waals surface area contributed by atoms with E-state index in [0.717, 1.165) is 13.8 Å². The molecule has 1 aromatic heterocycles. The van der Waals surface area contributed by atoms with E-state index in [1.165, 1.54) is 10.9 Å². The number of halogens is 3. The second-order valence-corrected chi connectivity index (χ2v) is 7.41. The van der Waals surface area contributed by atoms with Gasteiger partial charge in [-0.15, -0.1) is 11.3 Å². The molecule has 1 N–H and O–H groups in total. The van der Waals surface area contributed by atoms with Crippen LogP contribution >= 0.6 is 43.2 Å². The van der Waals surface area contributed by atoms with Crippen molar-refractivity contribution >= 4 is 43.2 Å². The standard InChI is InChI=1S/C13H12Br2FNS/c1-7-8(6-11(15)18-7)13(17-2)12-9(14)4-3-5-10(12)16/h3-6,13,17H,1-2H3. The molecule has 0 aliphatic rings.